The Kier molecular flexibility index (Phi) is 4.51. The van der Waals surface area contributed by atoms with Crippen LogP contribution in [0.4, 0.5) is 0 Å². The Morgan fingerprint density at radius 2 is 1.95 bits per heavy atom. The minimum Gasteiger partial charge on any atom is -0.496 e. The Labute approximate surface area is 127 Å². The zero-order valence-corrected chi connectivity index (χ0v) is 13.5. The molecule has 5 heteroatoms. The van der Waals surface area contributed by atoms with Gasteiger partial charge in [-0.2, -0.15) is 4.99 Å². The van der Waals surface area contributed by atoms with Crippen molar-refractivity contribution in [1.82, 2.24) is 0 Å². The summed E-state index contributed by atoms with van der Waals surface area (Å²) in [5.74, 6) is 1.49. The molecule has 0 N–H and O–H groups in total. The van der Waals surface area contributed by atoms with Crippen molar-refractivity contribution in [3.8, 4) is 11.5 Å². The number of methoxy groups -OCH3 is 2. The highest BCUT2D eigenvalue weighted by Gasteiger charge is 2.39. The molecule has 1 aromatic carbocycles. The summed E-state index contributed by atoms with van der Waals surface area (Å²) < 4.78 is 11.8. The average Bonchev–Trinajstić information content (AvgIpc) is 2.91. The van der Waals surface area contributed by atoms with Crippen molar-refractivity contribution in [2.24, 2.45) is 4.99 Å². The lowest BCUT2D eigenvalue weighted by Crippen LogP contribution is -2.20. The quantitative estimate of drug-likeness (QED) is 0.617. The van der Waals surface area contributed by atoms with E-state index in [0.717, 1.165) is 52.8 Å². The fourth-order valence-corrected chi connectivity index (χ4v) is 3.52. The maximum atomic E-state index is 10.9. The van der Waals surface area contributed by atoms with E-state index in [9.17, 15) is 4.79 Å². The number of hydrogen-bond acceptors (Lipinski definition) is 4. The number of nitrogens with zero attached hydrogens (tertiary/aromatic N) is 1. The van der Waals surface area contributed by atoms with Gasteiger partial charge < -0.3 is 9.47 Å². The maximum absolute atomic E-state index is 10.9. The first-order valence-corrected chi connectivity index (χ1v) is 7.39. The van der Waals surface area contributed by atoms with E-state index in [2.05, 4.69) is 20.9 Å². The molecule has 0 atom stereocenters. The number of benzene rings is 1. The molecule has 20 heavy (non-hydrogen) atoms. The zero-order chi connectivity index (χ0) is 14.8. The lowest BCUT2D eigenvalue weighted by Gasteiger charge is -2.27. The third kappa shape index (κ3) is 2.36. The Balaban J connectivity index is 2.71. The van der Waals surface area contributed by atoms with Crippen LogP contribution in [0.3, 0.4) is 0 Å². The molecule has 1 aliphatic rings. The third-order valence-electron chi connectivity index (χ3n) is 4.03. The molecule has 4 nitrogen and oxygen atoms in total. The smallest absolute Gasteiger partial charge is 0.235 e. The molecule has 0 amide bonds. The Morgan fingerprint density at radius 3 is 2.45 bits per heavy atom. The van der Waals surface area contributed by atoms with Crippen LogP contribution in [-0.2, 0) is 10.3 Å². The predicted octanol–water partition coefficient (Wildman–Crippen LogP) is 3.88. The van der Waals surface area contributed by atoms with Gasteiger partial charge >= 0.3 is 0 Å². The molecule has 0 bridgehead atoms. The molecule has 1 saturated carbocycles. The molecule has 0 saturated heterocycles. The van der Waals surface area contributed by atoms with Gasteiger partial charge in [0.2, 0.25) is 6.08 Å². The lowest BCUT2D eigenvalue weighted by molar-refractivity contribution is 0.368. The van der Waals surface area contributed by atoms with Gasteiger partial charge in [0.25, 0.3) is 0 Å². The van der Waals surface area contributed by atoms with Crippen LogP contribution in [0.1, 0.15) is 36.8 Å². The Bertz CT molecular complexity index is 559. The van der Waals surface area contributed by atoms with Gasteiger partial charge in [0.05, 0.1) is 18.7 Å². The van der Waals surface area contributed by atoms with Crippen molar-refractivity contribution in [2.45, 2.75) is 38.1 Å². The van der Waals surface area contributed by atoms with Crippen LogP contribution >= 0.6 is 15.9 Å². The Hall–Kier alpha value is -1.32. The molecule has 0 unspecified atom stereocenters. The summed E-state index contributed by atoms with van der Waals surface area (Å²) in [6.45, 7) is 1.96. The fourth-order valence-electron chi connectivity index (χ4n) is 2.95. The van der Waals surface area contributed by atoms with Crippen molar-refractivity contribution in [1.29, 1.82) is 0 Å². The molecule has 108 valence electrons. The number of rotatable bonds is 4. The molecule has 0 heterocycles. The second kappa shape index (κ2) is 5.98. The molecule has 1 aliphatic carbocycles. The summed E-state index contributed by atoms with van der Waals surface area (Å²) in [7, 11) is 3.26. The number of halogens is 1. The topological polar surface area (TPSA) is 47.9 Å². The summed E-state index contributed by atoms with van der Waals surface area (Å²) >= 11 is 3.56. The first-order valence-electron chi connectivity index (χ1n) is 6.60. The molecule has 0 aliphatic heterocycles. The van der Waals surface area contributed by atoms with E-state index >= 15 is 0 Å². The van der Waals surface area contributed by atoms with E-state index in [1.807, 2.05) is 13.0 Å². The third-order valence-corrected chi connectivity index (χ3v) is 4.99. The molecule has 2 rings (SSSR count). The van der Waals surface area contributed by atoms with Gasteiger partial charge in [-0.05, 0) is 41.8 Å². The highest BCUT2D eigenvalue weighted by Crippen LogP contribution is 2.50. The highest BCUT2D eigenvalue weighted by atomic mass is 79.9. The van der Waals surface area contributed by atoms with Crippen molar-refractivity contribution in [3.05, 3.63) is 21.7 Å². The number of ether oxygens (including phenoxy) is 2. The van der Waals surface area contributed by atoms with Gasteiger partial charge in [0.15, 0.2) is 0 Å². The number of carbonyl (C=O) groups excluding carboxylic acids is 1. The van der Waals surface area contributed by atoms with Crippen LogP contribution < -0.4 is 9.47 Å². The fraction of sp³-hybridized carbons (Fsp3) is 0.533. The maximum Gasteiger partial charge on any atom is 0.235 e. The van der Waals surface area contributed by atoms with Crippen LogP contribution in [0.5, 0.6) is 11.5 Å². The lowest BCUT2D eigenvalue weighted by atomic mass is 9.87. The second-order valence-corrected chi connectivity index (χ2v) is 5.83. The molecule has 0 spiro atoms. The van der Waals surface area contributed by atoms with E-state index in [1.165, 1.54) is 0 Å². The van der Waals surface area contributed by atoms with E-state index in [1.54, 1.807) is 20.3 Å². The molecule has 1 fully saturated rings. The van der Waals surface area contributed by atoms with Crippen LogP contribution in [0, 0.1) is 6.92 Å². The van der Waals surface area contributed by atoms with Gasteiger partial charge in [-0.25, -0.2) is 4.79 Å². The summed E-state index contributed by atoms with van der Waals surface area (Å²) in [6, 6.07) is 1.94. The second-order valence-electron chi connectivity index (χ2n) is 5.04. The monoisotopic (exact) mass is 339 g/mol. The summed E-state index contributed by atoms with van der Waals surface area (Å²) in [4.78, 5) is 15.0. The number of hydrogen-bond donors (Lipinski definition) is 0. The van der Waals surface area contributed by atoms with Crippen molar-refractivity contribution >= 4 is 22.0 Å². The van der Waals surface area contributed by atoms with E-state index in [4.69, 9.17) is 9.47 Å². The minimum absolute atomic E-state index is 0.531. The predicted molar refractivity (Wildman–Crippen MR) is 80.3 cm³/mol. The first kappa shape index (κ1) is 15.1. The van der Waals surface area contributed by atoms with Gasteiger partial charge in [-0.3, -0.25) is 0 Å². The number of aliphatic imine (C=N–C) groups is 1. The summed E-state index contributed by atoms with van der Waals surface area (Å²) in [5, 5.41) is 0. The minimum atomic E-state index is -0.531. The first-order chi connectivity index (χ1) is 9.59. The van der Waals surface area contributed by atoms with Crippen LogP contribution in [0.25, 0.3) is 0 Å². The highest BCUT2D eigenvalue weighted by molar-refractivity contribution is 9.10. The normalized spacial score (nSPS) is 16.6. The van der Waals surface area contributed by atoms with Crippen molar-refractivity contribution in [2.75, 3.05) is 14.2 Å². The van der Waals surface area contributed by atoms with Crippen molar-refractivity contribution in [3.63, 3.8) is 0 Å². The van der Waals surface area contributed by atoms with Gasteiger partial charge in [-0.15, -0.1) is 0 Å². The molecule has 0 aromatic heterocycles. The molecule has 0 radical (unpaired) electrons. The molecular formula is C15H18BrNO3. The Morgan fingerprint density at radius 1 is 1.30 bits per heavy atom. The van der Waals surface area contributed by atoms with Crippen LogP contribution in [0.15, 0.2) is 15.5 Å². The van der Waals surface area contributed by atoms with Gasteiger partial charge in [-0.1, -0.05) is 12.8 Å². The zero-order valence-electron chi connectivity index (χ0n) is 12.0. The molecular weight excluding hydrogens is 322 g/mol. The van der Waals surface area contributed by atoms with Crippen molar-refractivity contribution < 1.29 is 14.3 Å². The van der Waals surface area contributed by atoms with Gasteiger partial charge in [0.1, 0.15) is 17.0 Å². The average molecular weight is 340 g/mol. The van der Waals surface area contributed by atoms with E-state index in [-0.39, 0.29) is 0 Å². The summed E-state index contributed by atoms with van der Waals surface area (Å²) in [5.41, 5.74) is 1.34. The van der Waals surface area contributed by atoms with E-state index < -0.39 is 5.54 Å². The molecule has 1 aromatic rings. The summed E-state index contributed by atoms with van der Waals surface area (Å²) in [6.07, 6.45) is 5.48. The van der Waals surface area contributed by atoms with Gasteiger partial charge in [0, 0.05) is 11.1 Å². The largest absolute Gasteiger partial charge is 0.496 e. The van der Waals surface area contributed by atoms with Crippen LogP contribution in [0.2, 0.25) is 0 Å². The number of isocyanates is 1. The standard InChI is InChI=1S/C15H18BrNO3/c1-10-12(19-2)8-11(14(20-3)13(10)16)15(17-9-18)6-4-5-7-15/h8H,4-7H2,1-3H3. The van der Waals surface area contributed by atoms with Crippen LogP contribution in [-0.4, -0.2) is 20.3 Å². The SMILES string of the molecule is COc1cc(C2(N=C=O)CCCC2)c(OC)c(Br)c1C. The van der Waals surface area contributed by atoms with E-state index in [0.29, 0.717) is 0 Å².